The Bertz CT molecular complexity index is 1130. The standard InChI is InChI=1S/C22H21F2N3O/c1-13-15(5-3-7-18(13)25)17-12-22(23,24)10-8-19(17)27-11-9-14-4-2-6-16(20(14)27)21(26)28/h2-7,9,11H,8,10,12,25H2,1H3,(H2,26,28). The third-order valence-electron chi connectivity index (χ3n) is 5.48. The molecule has 4 N–H and O–H groups in total. The van der Waals surface area contributed by atoms with Crippen molar-refractivity contribution in [3.63, 3.8) is 0 Å². The monoisotopic (exact) mass is 381 g/mol. The van der Waals surface area contributed by atoms with Crippen LogP contribution in [0, 0.1) is 6.92 Å². The van der Waals surface area contributed by atoms with Crippen LogP contribution in [0.2, 0.25) is 0 Å². The number of fused-ring (bicyclic) bond motifs is 1. The summed E-state index contributed by atoms with van der Waals surface area (Å²) in [6, 6.07) is 12.5. The molecule has 0 atom stereocenters. The molecule has 1 aliphatic carbocycles. The van der Waals surface area contributed by atoms with E-state index < -0.39 is 11.8 Å². The fraction of sp³-hybridized carbons (Fsp3) is 0.227. The molecule has 2 aromatic carbocycles. The minimum atomic E-state index is -2.79. The molecule has 1 heterocycles. The Labute approximate surface area is 161 Å². The van der Waals surface area contributed by atoms with Gasteiger partial charge in [0.05, 0.1) is 11.1 Å². The minimum Gasteiger partial charge on any atom is -0.398 e. The van der Waals surface area contributed by atoms with E-state index in [1.807, 2.05) is 35.9 Å². The van der Waals surface area contributed by atoms with Gasteiger partial charge in [-0.05, 0) is 48.2 Å². The van der Waals surface area contributed by atoms with Gasteiger partial charge in [-0.2, -0.15) is 0 Å². The Balaban J connectivity index is 2.03. The third-order valence-corrected chi connectivity index (χ3v) is 5.48. The number of para-hydroxylation sites is 1. The number of nitrogens with zero attached hydrogens (tertiary/aromatic N) is 1. The Morgan fingerprint density at radius 3 is 2.64 bits per heavy atom. The molecule has 3 aromatic rings. The minimum absolute atomic E-state index is 0.188. The fourth-order valence-electron chi connectivity index (χ4n) is 4.02. The summed E-state index contributed by atoms with van der Waals surface area (Å²) in [5.74, 6) is -3.33. The van der Waals surface area contributed by atoms with Gasteiger partial charge in [-0.1, -0.05) is 24.3 Å². The van der Waals surface area contributed by atoms with Crippen molar-refractivity contribution in [1.29, 1.82) is 0 Å². The highest BCUT2D eigenvalue weighted by molar-refractivity contribution is 6.07. The number of anilines is 1. The summed E-state index contributed by atoms with van der Waals surface area (Å²) < 4.78 is 30.6. The molecule has 0 saturated carbocycles. The van der Waals surface area contributed by atoms with Gasteiger partial charge >= 0.3 is 0 Å². The molecule has 1 aliphatic rings. The molecule has 0 fully saturated rings. The van der Waals surface area contributed by atoms with Gasteiger partial charge < -0.3 is 16.0 Å². The largest absolute Gasteiger partial charge is 0.398 e. The molecule has 0 aliphatic heterocycles. The van der Waals surface area contributed by atoms with Crippen LogP contribution in [0.15, 0.2) is 48.7 Å². The van der Waals surface area contributed by atoms with Gasteiger partial charge in [-0.15, -0.1) is 0 Å². The highest BCUT2D eigenvalue weighted by Crippen LogP contribution is 2.45. The number of carbonyl (C=O) groups excluding carboxylic acids is 1. The zero-order valence-electron chi connectivity index (χ0n) is 15.5. The van der Waals surface area contributed by atoms with Crippen molar-refractivity contribution in [2.45, 2.75) is 32.1 Å². The van der Waals surface area contributed by atoms with Crippen molar-refractivity contribution >= 4 is 33.8 Å². The van der Waals surface area contributed by atoms with E-state index in [1.54, 1.807) is 24.3 Å². The first-order valence-electron chi connectivity index (χ1n) is 9.14. The smallest absolute Gasteiger partial charge is 0.252 e. The molecule has 0 bridgehead atoms. The van der Waals surface area contributed by atoms with Gasteiger partial charge in [0, 0.05) is 35.8 Å². The first-order chi connectivity index (χ1) is 13.3. The number of allylic oxidation sites excluding steroid dienone is 2. The summed E-state index contributed by atoms with van der Waals surface area (Å²) >= 11 is 0. The SMILES string of the molecule is Cc1c(N)cccc1C1=C(n2ccc3cccc(C(N)=O)c32)CCC(F)(F)C1. The Morgan fingerprint density at radius 2 is 1.89 bits per heavy atom. The van der Waals surface area contributed by atoms with E-state index in [9.17, 15) is 13.6 Å². The molecule has 28 heavy (non-hydrogen) atoms. The molecule has 0 unspecified atom stereocenters. The van der Waals surface area contributed by atoms with Crippen LogP contribution in [-0.2, 0) is 0 Å². The predicted molar refractivity (Wildman–Crippen MR) is 108 cm³/mol. The lowest BCUT2D eigenvalue weighted by Crippen LogP contribution is -2.23. The maximum Gasteiger partial charge on any atom is 0.252 e. The van der Waals surface area contributed by atoms with E-state index in [-0.39, 0.29) is 19.3 Å². The normalized spacial score (nSPS) is 16.5. The number of hydrogen-bond donors (Lipinski definition) is 2. The molecule has 4 rings (SSSR count). The maximum absolute atomic E-state index is 14.4. The number of hydrogen-bond acceptors (Lipinski definition) is 2. The number of nitrogen functional groups attached to an aromatic ring is 1. The zero-order chi connectivity index (χ0) is 20.1. The number of alkyl halides is 2. The molecule has 6 heteroatoms. The number of rotatable bonds is 3. The summed E-state index contributed by atoms with van der Waals surface area (Å²) in [7, 11) is 0. The number of primary amides is 1. The van der Waals surface area contributed by atoms with Crippen LogP contribution < -0.4 is 11.5 Å². The topological polar surface area (TPSA) is 74.0 Å². The van der Waals surface area contributed by atoms with Gasteiger partial charge in [0.1, 0.15) is 0 Å². The van der Waals surface area contributed by atoms with Gasteiger partial charge in [-0.25, -0.2) is 8.78 Å². The Morgan fingerprint density at radius 1 is 1.14 bits per heavy atom. The van der Waals surface area contributed by atoms with Gasteiger partial charge in [0.25, 0.3) is 11.8 Å². The number of amides is 1. The summed E-state index contributed by atoms with van der Waals surface area (Å²) in [5.41, 5.74) is 16.0. The third kappa shape index (κ3) is 2.95. The zero-order valence-corrected chi connectivity index (χ0v) is 15.5. The fourth-order valence-corrected chi connectivity index (χ4v) is 4.02. The summed E-state index contributed by atoms with van der Waals surface area (Å²) in [4.78, 5) is 12.0. The van der Waals surface area contributed by atoms with Crippen LogP contribution in [0.3, 0.4) is 0 Å². The van der Waals surface area contributed by atoms with Crippen LogP contribution in [0.5, 0.6) is 0 Å². The molecule has 4 nitrogen and oxygen atoms in total. The van der Waals surface area contributed by atoms with E-state index in [1.165, 1.54) is 0 Å². The second-order valence-electron chi connectivity index (χ2n) is 7.27. The molecule has 0 radical (unpaired) electrons. The number of aromatic nitrogens is 1. The number of carbonyl (C=O) groups is 1. The average molecular weight is 381 g/mol. The van der Waals surface area contributed by atoms with Crippen molar-refractivity contribution in [1.82, 2.24) is 4.57 Å². The highest BCUT2D eigenvalue weighted by Gasteiger charge is 2.37. The highest BCUT2D eigenvalue weighted by atomic mass is 19.3. The van der Waals surface area contributed by atoms with Crippen LogP contribution in [0.1, 0.15) is 40.7 Å². The summed E-state index contributed by atoms with van der Waals surface area (Å²) in [5, 5.41) is 0.838. The summed E-state index contributed by atoms with van der Waals surface area (Å²) in [6.45, 7) is 1.84. The van der Waals surface area contributed by atoms with Gasteiger partial charge in [0.15, 0.2) is 0 Å². The van der Waals surface area contributed by atoms with E-state index in [2.05, 4.69) is 0 Å². The lowest BCUT2D eigenvalue weighted by molar-refractivity contribution is -0.00372. The molecular weight excluding hydrogens is 360 g/mol. The van der Waals surface area contributed by atoms with Crippen molar-refractivity contribution < 1.29 is 13.6 Å². The van der Waals surface area contributed by atoms with Gasteiger partial charge in [-0.3, -0.25) is 4.79 Å². The second kappa shape index (κ2) is 6.48. The van der Waals surface area contributed by atoms with Crippen LogP contribution >= 0.6 is 0 Å². The van der Waals surface area contributed by atoms with Crippen LogP contribution in [0.4, 0.5) is 14.5 Å². The quantitative estimate of drug-likeness (QED) is 0.639. The van der Waals surface area contributed by atoms with E-state index >= 15 is 0 Å². The lowest BCUT2D eigenvalue weighted by Gasteiger charge is -2.29. The number of halogens is 2. The average Bonchev–Trinajstić information content (AvgIpc) is 3.07. The van der Waals surface area contributed by atoms with E-state index in [4.69, 9.17) is 11.5 Å². The summed E-state index contributed by atoms with van der Waals surface area (Å²) in [6.07, 6.45) is 1.39. The molecule has 1 aromatic heterocycles. The van der Waals surface area contributed by atoms with E-state index in [0.717, 1.165) is 16.6 Å². The first kappa shape index (κ1) is 18.2. The lowest BCUT2D eigenvalue weighted by atomic mass is 9.86. The molecule has 0 spiro atoms. The van der Waals surface area contributed by atoms with Crippen LogP contribution in [0.25, 0.3) is 22.2 Å². The van der Waals surface area contributed by atoms with E-state index in [0.29, 0.717) is 27.9 Å². The Kier molecular flexibility index (Phi) is 4.22. The molecule has 1 amide bonds. The van der Waals surface area contributed by atoms with Crippen molar-refractivity contribution in [2.24, 2.45) is 5.73 Å². The van der Waals surface area contributed by atoms with Crippen molar-refractivity contribution in [3.8, 4) is 0 Å². The number of benzene rings is 2. The second-order valence-corrected chi connectivity index (χ2v) is 7.27. The molecular formula is C22H21F2N3O. The number of nitrogens with two attached hydrogens (primary N) is 2. The molecule has 0 saturated heterocycles. The Hall–Kier alpha value is -3.15. The maximum atomic E-state index is 14.4. The van der Waals surface area contributed by atoms with Gasteiger partial charge in [0.2, 0.25) is 0 Å². The molecule has 144 valence electrons. The van der Waals surface area contributed by atoms with Crippen molar-refractivity contribution in [2.75, 3.05) is 5.73 Å². The first-order valence-corrected chi connectivity index (χ1v) is 9.14. The van der Waals surface area contributed by atoms with Crippen molar-refractivity contribution in [3.05, 3.63) is 65.4 Å². The predicted octanol–water partition coefficient (Wildman–Crippen LogP) is 4.82. The van der Waals surface area contributed by atoms with Crippen LogP contribution in [-0.4, -0.2) is 16.4 Å².